The minimum absolute atomic E-state index is 0.0349. The number of aryl methyl sites for hydroxylation is 1. The van der Waals surface area contributed by atoms with E-state index < -0.39 is 15.0 Å². The topological polar surface area (TPSA) is 100 Å². The zero-order chi connectivity index (χ0) is 15.6. The highest BCUT2D eigenvalue weighted by Gasteiger charge is 2.14. The summed E-state index contributed by atoms with van der Waals surface area (Å²) in [6, 6.07) is 10.3. The molecule has 0 saturated carbocycles. The summed E-state index contributed by atoms with van der Waals surface area (Å²) in [4.78, 5) is 10.2. The Morgan fingerprint density at radius 2 is 1.76 bits per heavy atom. The second kappa shape index (κ2) is 5.63. The fraction of sp³-hybridized carbons (Fsp3) is 0.143. The molecule has 0 aliphatic heterocycles. The van der Waals surface area contributed by atoms with E-state index in [4.69, 9.17) is 0 Å². The van der Waals surface area contributed by atoms with Crippen LogP contribution in [0, 0.1) is 17.0 Å². The average molecular weight is 306 g/mol. The number of nitro benzene ring substituents is 1. The van der Waals surface area contributed by atoms with Gasteiger partial charge in [0.05, 0.1) is 9.82 Å². The maximum absolute atomic E-state index is 11.1. The number of rotatable bonds is 4. The van der Waals surface area contributed by atoms with Crippen molar-refractivity contribution in [3.63, 3.8) is 0 Å². The van der Waals surface area contributed by atoms with Gasteiger partial charge in [-0.2, -0.15) is 0 Å². The molecule has 6 nitrogen and oxygen atoms in total. The van der Waals surface area contributed by atoms with Crippen LogP contribution in [-0.2, 0) is 16.5 Å². The molecular weight excluding hydrogens is 294 g/mol. The summed E-state index contributed by atoms with van der Waals surface area (Å²) in [5.41, 5.74) is 1.76. The average Bonchev–Trinajstić information content (AvgIpc) is 2.40. The van der Waals surface area contributed by atoms with Crippen molar-refractivity contribution in [1.29, 1.82) is 0 Å². The van der Waals surface area contributed by atoms with Crippen molar-refractivity contribution in [3.8, 4) is 0 Å². The van der Waals surface area contributed by atoms with E-state index in [1.54, 1.807) is 25.1 Å². The molecule has 0 aliphatic carbocycles. The maximum Gasteiger partial charge on any atom is 0.272 e. The highest BCUT2D eigenvalue weighted by molar-refractivity contribution is 7.85. The van der Waals surface area contributed by atoms with E-state index in [2.05, 4.69) is 0 Å². The molecule has 0 saturated heterocycles. The normalized spacial score (nSPS) is 11.3. The minimum atomic E-state index is -4.54. The Balaban J connectivity index is 2.47. The zero-order valence-corrected chi connectivity index (χ0v) is 12.0. The van der Waals surface area contributed by atoms with Gasteiger partial charge in [0, 0.05) is 18.1 Å². The Morgan fingerprint density at radius 1 is 1.10 bits per heavy atom. The molecule has 0 spiro atoms. The van der Waals surface area contributed by atoms with Crippen molar-refractivity contribution in [2.45, 2.75) is 18.2 Å². The highest BCUT2D eigenvalue weighted by Crippen LogP contribution is 2.24. The lowest BCUT2D eigenvalue weighted by Gasteiger charge is -2.12. The second-order valence-corrected chi connectivity index (χ2v) is 5.98. The number of nitro groups is 1. The summed E-state index contributed by atoms with van der Waals surface area (Å²) in [7, 11) is -4.54. The molecule has 0 bridgehead atoms. The molecule has 0 radical (unpaired) electrons. The van der Waals surface area contributed by atoms with Crippen molar-refractivity contribution in [2.24, 2.45) is 0 Å². The van der Waals surface area contributed by atoms with E-state index in [1.165, 1.54) is 24.3 Å². The van der Waals surface area contributed by atoms with Gasteiger partial charge in [-0.3, -0.25) is 10.1 Å². The lowest BCUT2D eigenvalue weighted by molar-refractivity contribution is -0.385. The molecule has 2 aromatic rings. The van der Waals surface area contributed by atoms with Gasteiger partial charge in [0.1, 0.15) is 10.1 Å². The van der Waals surface area contributed by atoms with Gasteiger partial charge in [-0.25, -0.2) is 8.42 Å². The Labute approximate surface area is 121 Å². The number of hydrogen-bond acceptors (Lipinski definition) is 5. The van der Waals surface area contributed by atoms with Crippen LogP contribution in [0.5, 0.6) is 0 Å². The van der Waals surface area contributed by atoms with E-state index in [0.29, 0.717) is 11.1 Å². The molecule has 2 rings (SSSR count). The SMILES string of the molecule is Cc1ccc(S(=O)(=O)[O-])cc1Cc1ccccc1[N+](=O)[O-]. The van der Waals surface area contributed by atoms with E-state index in [-0.39, 0.29) is 17.0 Å². The lowest BCUT2D eigenvalue weighted by atomic mass is 9.99. The molecule has 0 aromatic heterocycles. The standard InChI is InChI=1S/C14H13NO5S/c1-10-6-7-13(21(18,19)20)9-12(10)8-11-4-2-3-5-14(11)15(16)17/h2-7,9H,8H2,1H3,(H,18,19,20)/p-1. The van der Waals surface area contributed by atoms with Gasteiger partial charge < -0.3 is 4.55 Å². The molecule has 0 fully saturated rings. The second-order valence-electron chi connectivity index (χ2n) is 4.61. The Morgan fingerprint density at radius 3 is 2.38 bits per heavy atom. The fourth-order valence-corrected chi connectivity index (χ4v) is 2.56. The lowest BCUT2D eigenvalue weighted by Crippen LogP contribution is -2.02. The number of hydrogen-bond donors (Lipinski definition) is 0. The Bertz CT molecular complexity index is 799. The number of benzene rings is 2. The molecule has 0 aliphatic rings. The van der Waals surface area contributed by atoms with Gasteiger partial charge in [0.15, 0.2) is 0 Å². The van der Waals surface area contributed by atoms with Crippen molar-refractivity contribution >= 4 is 15.8 Å². The van der Waals surface area contributed by atoms with E-state index >= 15 is 0 Å². The molecule has 0 N–H and O–H groups in total. The van der Waals surface area contributed by atoms with Gasteiger partial charge in [0.25, 0.3) is 5.69 Å². The highest BCUT2D eigenvalue weighted by atomic mass is 32.2. The van der Waals surface area contributed by atoms with Crippen LogP contribution in [0.25, 0.3) is 0 Å². The van der Waals surface area contributed by atoms with Crippen molar-refractivity contribution < 1.29 is 17.9 Å². The monoisotopic (exact) mass is 306 g/mol. The summed E-state index contributed by atoms with van der Waals surface area (Å²) < 4.78 is 33.2. The number of para-hydroxylation sites is 1. The van der Waals surface area contributed by atoms with Crippen LogP contribution in [-0.4, -0.2) is 17.9 Å². The summed E-state index contributed by atoms with van der Waals surface area (Å²) in [5, 5.41) is 11.0. The molecule has 7 heteroatoms. The first-order valence-electron chi connectivity index (χ1n) is 6.07. The van der Waals surface area contributed by atoms with Crippen molar-refractivity contribution in [3.05, 3.63) is 69.3 Å². The van der Waals surface area contributed by atoms with E-state index in [0.717, 1.165) is 5.56 Å². The molecule has 2 aromatic carbocycles. The fourth-order valence-electron chi connectivity index (χ4n) is 2.04. The molecular formula is C14H12NO5S-. The summed E-state index contributed by atoms with van der Waals surface area (Å²) in [6.45, 7) is 1.76. The maximum atomic E-state index is 11.1. The smallest absolute Gasteiger partial charge is 0.272 e. The van der Waals surface area contributed by atoms with Crippen molar-refractivity contribution in [1.82, 2.24) is 0 Å². The van der Waals surface area contributed by atoms with Gasteiger partial charge in [-0.1, -0.05) is 24.3 Å². The molecule has 0 amide bonds. The Hall–Kier alpha value is -2.25. The molecule has 21 heavy (non-hydrogen) atoms. The predicted molar refractivity (Wildman–Crippen MR) is 75.0 cm³/mol. The van der Waals surface area contributed by atoms with Gasteiger partial charge in [-0.15, -0.1) is 0 Å². The minimum Gasteiger partial charge on any atom is -0.744 e. The Kier molecular flexibility index (Phi) is 4.06. The van der Waals surface area contributed by atoms with Crippen LogP contribution >= 0.6 is 0 Å². The first-order valence-corrected chi connectivity index (χ1v) is 7.47. The number of nitrogens with zero attached hydrogens (tertiary/aromatic N) is 1. The largest absolute Gasteiger partial charge is 0.744 e. The summed E-state index contributed by atoms with van der Waals surface area (Å²) in [6.07, 6.45) is 0.187. The molecule has 0 heterocycles. The zero-order valence-electron chi connectivity index (χ0n) is 11.1. The quantitative estimate of drug-likeness (QED) is 0.490. The molecule has 0 unspecified atom stereocenters. The summed E-state index contributed by atoms with van der Waals surface area (Å²) >= 11 is 0. The summed E-state index contributed by atoms with van der Waals surface area (Å²) in [5.74, 6) is 0. The van der Waals surface area contributed by atoms with E-state index in [9.17, 15) is 23.1 Å². The van der Waals surface area contributed by atoms with Crippen LogP contribution in [0.1, 0.15) is 16.7 Å². The van der Waals surface area contributed by atoms with Gasteiger partial charge >= 0.3 is 0 Å². The van der Waals surface area contributed by atoms with Crippen LogP contribution in [0.3, 0.4) is 0 Å². The van der Waals surface area contributed by atoms with Crippen LogP contribution in [0.2, 0.25) is 0 Å². The van der Waals surface area contributed by atoms with E-state index in [1.807, 2.05) is 0 Å². The predicted octanol–water partition coefficient (Wildman–Crippen LogP) is 2.40. The van der Waals surface area contributed by atoms with Crippen LogP contribution in [0.15, 0.2) is 47.4 Å². The van der Waals surface area contributed by atoms with Crippen LogP contribution in [0.4, 0.5) is 5.69 Å². The third-order valence-corrected chi connectivity index (χ3v) is 4.01. The first-order chi connectivity index (χ1) is 9.79. The third-order valence-electron chi connectivity index (χ3n) is 3.18. The molecule has 110 valence electrons. The third kappa shape index (κ3) is 3.45. The van der Waals surface area contributed by atoms with Gasteiger partial charge in [0.2, 0.25) is 0 Å². The molecule has 0 atom stereocenters. The van der Waals surface area contributed by atoms with Crippen molar-refractivity contribution in [2.75, 3.05) is 0 Å². The first kappa shape index (κ1) is 15.1. The van der Waals surface area contributed by atoms with Crippen LogP contribution < -0.4 is 0 Å². The van der Waals surface area contributed by atoms with Gasteiger partial charge in [-0.05, 0) is 30.2 Å².